The van der Waals surface area contributed by atoms with Crippen molar-refractivity contribution in [2.45, 2.75) is 33.9 Å². The van der Waals surface area contributed by atoms with E-state index in [9.17, 15) is 14.9 Å². The van der Waals surface area contributed by atoms with Gasteiger partial charge >= 0.3 is 5.69 Å². The Hall–Kier alpha value is -3.49. The molecular weight excluding hydrogens is 348 g/mol. The first-order chi connectivity index (χ1) is 12.8. The van der Waals surface area contributed by atoms with Crippen LogP contribution < -0.4 is 5.32 Å². The first kappa shape index (κ1) is 18.3. The van der Waals surface area contributed by atoms with Gasteiger partial charge in [0.05, 0.1) is 17.2 Å². The molecule has 3 rings (SSSR count). The van der Waals surface area contributed by atoms with Gasteiger partial charge in [0.1, 0.15) is 18.4 Å². The van der Waals surface area contributed by atoms with Gasteiger partial charge in [0.15, 0.2) is 0 Å². The smallest absolute Gasteiger partial charge is 0.309 e. The molecule has 0 atom stereocenters. The highest BCUT2D eigenvalue weighted by atomic mass is 16.6. The van der Waals surface area contributed by atoms with Gasteiger partial charge in [0.2, 0.25) is 5.91 Å². The van der Waals surface area contributed by atoms with Crippen molar-refractivity contribution in [2.75, 3.05) is 5.32 Å². The molecule has 27 heavy (non-hydrogen) atoms. The highest BCUT2D eigenvalue weighted by Crippen LogP contribution is 2.16. The Labute approximate surface area is 155 Å². The van der Waals surface area contributed by atoms with E-state index in [1.807, 2.05) is 42.8 Å². The molecule has 2 heterocycles. The second-order valence-electron chi connectivity index (χ2n) is 6.39. The van der Waals surface area contributed by atoms with Crippen molar-refractivity contribution in [1.82, 2.24) is 19.6 Å². The fraction of sp³-hybridized carbons (Fsp3) is 0.278. The number of nitrogens with one attached hydrogen (secondary N) is 1. The van der Waals surface area contributed by atoms with E-state index in [2.05, 4.69) is 15.5 Å². The van der Waals surface area contributed by atoms with Crippen LogP contribution >= 0.6 is 0 Å². The van der Waals surface area contributed by atoms with Gasteiger partial charge in [-0.15, -0.1) is 0 Å². The first-order valence-electron chi connectivity index (χ1n) is 8.40. The van der Waals surface area contributed by atoms with Crippen LogP contribution in [-0.2, 0) is 17.9 Å². The molecule has 9 heteroatoms. The number of aromatic nitrogens is 4. The number of anilines is 1. The zero-order valence-corrected chi connectivity index (χ0v) is 15.3. The summed E-state index contributed by atoms with van der Waals surface area (Å²) in [6, 6.07) is 9.51. The van der Waals surface area contributed by atoms with E-state index in [1.54, 1.807) is 6.07 Å². The molecule has 0 aliphatic heterocycles. The Morgan fingerprint density at radius 1 is 1.22 bits per heavy atom. The second-order valence-corrected chi connectivity index (χ2v) is 6.39. The molecule has 2 aromatic heterocycles. The molecule has 1 N–H and O–H groups in total. The van der Waals surface area contributed by atoms with Crippen LogP contribution in [0.5, 0.6) is 0 Å². The van der Waals surface area contributed by atoms with E-state index in [4.69, 9.17) is 0 Å². The Bertz CT molecular complexity index is 1000. The molecule has 9 nitrogen and oxygen atoms in total. The van der Waals surface area contributed by atoms with E-state index < -0.39 is 4.92 Å². The predicted molar refractivity (Wildman–Crippen MR) is 99.5 cm³/mol. The maximum Gasteiger partial charge on any atom is 0.309 e. The standard InChI is InChI=1S/C18H20N6O3/c1-12-7-13(2)23(20-12)9-15-5-4-6-16(8-15)19-18(25)11-22-10-17(24(26)27)14(3)21-22/h4-8,10H,9,11H2,1-3H3,(H,19,25). The quantitative estimate of drug-likeness (QED) is 0.531. The molecular formula is C18H20N6O3. The fourth-order valence-corrected chi connectivity index (χ4v) is 2.87. The summed E-state index contributed by atoms with van der Waals surface area (Å²) < 4.78 is 3.17. The molecule has 0 saturated carbocycles. The molecule has 0 radical (unpaired) electrons. The Morgan fingerprint density at radius 2 is 2.00 bits per heavy atom. The highest BCUT2D eigenvalue weighted by Gasteiger charge is 2.16. The van der Waals surface area contributed by atoms with E-state index in [0.717, 1.165) is 17.0 Å². The molecule has 0 spiro atoms. The molecule has 0 aliphatic carbocycles. The third-order valence-electron chi connectivity index (χ3n) is 4.07. The first-order valence-corrected chi connectivity index (χ1v) is 8.40. The van der Waals surface area contributed by atoms with E-state index in [1.165, 1.54) is 17.8 Å². The maximum atomic E-state index is 12.2. The monoisotopic (exact) mass is 368 g/mol. The summed E-state index contributed by atoms with van der Waals surface area (Å²) >= 11 is 0. The Balaban J connectivity index is 1.67. The minimum absolute atomic E-state index is 0.101. The van der Waals surface area contributed by atoms with Crippen molar-refractivity contribution in [1.29, 1.82) is 0 Å². The predicted octanol–water partition coefficient (Wildman–Crippen LogP) is 2.60. The molecule has 0 saturated heterocycles. The minimum atomic E-state index is -0.515. The summed E-state index contributed by atoms with van der Waals surface area (Å²) in [4.78, 5) is 22.6. The summed E-state index contributed by atoms with van der Waals surface area (Å²) in [5.41, 5.74) is 3.86. The fourth-order valence-electron chi connectivity index (χ4n) is 2.87. The lowest BCUT2D eigenvalue weighted by atomic mass is 10.2. The number of carbonyl (C=O) groups is 1. The van der Waals surface area contributed by atoms with Gasteiger partial charge in [0.25, 0.3) is 0 Å². The summed E-state index contributed by atoms with van der Waals surface area (Å²) in [5, 5.41) is 22.1. The number of benzene rings is 1. The third kappa shape index (κ3) is 4.38. The maximum absolute atomic E-state index is 12.2. The van der Waals surface area contributed by atoms with Crippen LogP contribution in [0, 0.1) is 30.9 Å². The Morgan fingerprint density at radius 3 is 2.63 bits per heavy atom. The zero-order chi connectivity index (χ0) is 19.6. The van der Waals surface area contributed by atoms with Gasteiger partial charge in [-0.3, -0.25) is 24.3 Å². The van der Waals surface area contributed by atoms with Gasteiger partial charge < -0.3 is 5.32 Å². The molecule has 0 aliphatic rings. The average Bonchev–Trinajstić information content (AvgIpc) is 3.09. The molecule has 0 unspecified atom stereocenters. The van der Waals surface area contributed by atoms with Crippen LogP contribution in [0.1, 0.15) is 22.6 Å². The van der Waals surface area contributed by atoms with Gasteiger partial charge in [-0.25, -0.2) is 0 Å². The number of amides is 1. The lowest BCUT2D eigenvalue weighted by Crippen LogP contribution is -2.19. The molecule has 1 aromatic carbocycles. The van der Waals surface area contributed by atoms with Crippen molar-refractivity contribution >= 4 is 17.3 Å². The molecule has 0 fully saturated rings. The highest BCUT2D eigenvalue weighted by molar-refractivity contribution is 5.90. The number of nitro groups is 1. The molecule has 1 amide bonds. The zero-order valence-electron chi connectivity index (χ0n) is 15.3. The van der Waals surface area contributed by atoms with Crippen molar-refractivity contribution in [3.05, 3.63) is 69.3 Å². The molecule has 0 bridgehead atoms. The minimum Gasteiger partial charge on any atom is -0.324 e. The van der Waals surface area contributed by atoms with Gasteiger partial charge in [0, 0.05) is 11.4 Å². The number of rotatable bonds is 6. The topological polar surface area (TPSA) is 108 Å². The number of aryl methyl sites for hydroxylation is 3. The average molecular weight is 368 g/mol. The van der Waals surface area contributed by atoms with Crippen molar-refractivity contribution < 1.29 is 9.72 Å². The van der Waals surface area contributed by atoms with Gasteiger partial charge in [-0.2, -0.15) is 10.2 Å². The molecule has 3 aromatic rings. The second kappa shape index (κ2) is 7.40. The van der Waals surface area contributed by atoms with Crippen LogP contribution in [0.15, 0.2) is 36.5 Å². The number of carbonyl (C=O) groups excluding carboxylic acids is 1. The summed E-state index contributed by atoms with van der Waals surface area (Å²) in [7, 11) is 0. The summed E-state index contributed by atoms with van der Waals surface area (Å²) in [6.45, 7) is 5.98. The van der Waals surface area contributed by atoms with Crippen LogP contribution in [0.4, 0.5) is 11.4 Å². The van der Waals surface area contributed by atoms with Crippen LogP contribution in [0.25, 0.3) is 0 Å². The van der Waals surface area contributed by atoms with Gasteiger partial charge in [-0.1, -0.05) is 12.1 Å². The summed E-state index contributed by atoms with van der Waals surface area (Å²) in [6.07, 6.45) is 1.26. The summed E-state index contributed by atoms with van der Waals surface area (Å²) in [5.74, 6) is -0.310. The van der Waals surface area contributed by atoms with Crippen LogP contribution in [-0.4, -0.2) is 30.4 Å². The largest absolute Gasteiger partial charge is 0.324 e. The van der Waals surface area contributed by atoms with Crippen LogP contribution in [0.2, 0.25) is 0 Å². The lowest BCUT2D eigenvalue weighted by molar-refractivity contribution is -0.385. The van der Waals surface area contributed by atoms with E-state index in [-0.39, 0.29) is 23.8 Å². The normalized spacial score (nSPS) is 10.8. The van der Waals surface area contributed by atoms with Crippen molar-refractivity contribution in [3.63, 3.8) is 0 Å². The number of hydrogen-bond donors (Lipinski definition) is 1. The number of hydrogen-bond acceptors (Lipinski definition) is 5. The number of nitrogens with zero attached hydrogens (tertiary/aromatic N) is 5. The Kier molecular flexibility index (Phi) is 5.02. The molecule has 140 valence electrons. The lowest BCUT2D eigenvalue weighted by Gasteiger charge is -2.09. The third-order valence-corrected chi connectivity index (χ3v) is 4.07. The van der Waals surface area contributed by atoms with Gasteiger partial charge in [-0.05, 0) is 44.5 Å². The van der Waals surface area contributed by atoms with Crippen molar-refractivity contribution in [3.8, 4) is 0 Å². The van der Waals surface area contributed by atoms with E-state index >= 15 is 0 Å². The van der Waals surface area contributed by atoms with Crippen LogP contribution in [0.3, 0.4) is 0 Å². The van der Waals surface area contributed by atoms with E-state index in [0.29, 0.717) is 12.2 Å². The SMILES string of the molecule is Cc1cc(C)n(Cc2cccc(NC(=O)Cn3cc([N+](=O)[O-])c(C)n3)c2)n1. The van der Waals surface area contributed by atoms with Crippen molar-refractivity contribution in [2.24, 2.45) is 0 Å².